The minimum atomic E-state index is -0.987. The first-order valence-electron chi connectivity index (χ1n) is 6.74. The number of aromatic carboxylic acids is 1. The molecule has 1 aliphatic carbocycles. The highest BCUT2D eigenvalue weighted by molar-refractivity contribution is 5.90. The van der Waals surface area contributed by atoms with E-state index in [1.165, 1.54) is 6.20 Å². The van der Waals surface area contributed by atoms with Crippen molar-refractivity contribution in [1.29, 1.82) is 0 Å². The summed E-state index contributed by atoms with van der Waals surface area (Å²) in [6.07, 6.45) is 5.68. The second-order valence-electron chi connectivity index (χ2n) is 6.11. The first-order valence-corrected chi connectivity index (χ1v) is 6.74. The summed E-state index contributed by atoms with van der Waals surface area (Å²) in [7, 11) is 0. The van der Waals surface area contributed by atoms with Crippen molar-refractivity contribution in [2.45, 2.75) is 52.6 Å². The second kappa shape index (κ2) is 5.19. The fraction of sp³-hybridized carbons (Fsp3) is 0.600. The fourth-order valence-electron chi connectivity index (χ4n) is 2.46. The van der Waals surface area contributed by atoms with Gasteiger partial charge in [-0.15, -0.1) is 0 Å². The molecule has 0 spiro atoms. The van der Waals surface area contributed by atoms with Gasteiger partial charge in [-0.3, -0.25) is 4.98 Å². The average molecular weight is 263 g/mol. The van der Waals surface area contributed by atoms with E-state index in [9.17, 15) is 4.79 Å². The number of ether oxygens (including phenoxy) is 1. The van der Waals surface area contributed by atoms with Crippen LogP contribution in [0.4, 0.5) is 0 Å². The molecule has 0 saturated heterocycles. The third kappa shape index (κ3) is 3.46. The normalized spacial score (nSPS) is 19.1. The number of pyridine rings is 1. The molecule has 1 aromatic rings. The molecule has 4 nitrogen and oxygen atoms in total. The lowest BCUT2D eigenvalue weighted by molar-refractivity contribution is 0.0673. The Bertz CT molecular complexity index is 472. The van der Waals surface area contributed by atoms with Crippen LogP contribution in [0, 0.1) is 12.3 Å². The minimum Gasteiger partial charge on any atom is -0.489 e. The van der Waals surface area contributed by atoms with Crippen molar-refractivity contribution >= 4 is 5.97 Å². The Morgan fingerprint density at radius 3 is 2.63 bits per heavy atom. The van der Waals surface area contributed by atoms with Crippen LogP contribution in [-0.4, -0.2) is 22.2 Å². The monoisotopic (exact) mass is 263 g/mol. The third-order valence-electron chi connectivity index (χ3n) is 3.81. The van der Waals surface area contributed by atoms with Gasteiger partial charge in [-0.05, 0) is 38.0 Å². The van der Waals surface area contributed by atoms with Crippen LogP contribution < -0.4 is 4.74 Å². The van der Waals surface area contributed by atoms with Gasteiger partial charge in [0.2, 0.25) is 0 Å². The Hall–Kier alpha value is -1.58. The van der Waals surface area contributed by atoms with Crippen molar-refractivity contribution in [2.24, 2.45) is 5.41 Å². The summed E-state index contributed by atoms with van der Waals surface area (Å²) in [5, 5.41) is 9.15. The van der Waals surface area contributed by atoms with Crippen molar-refractivity contribution in [1.82, 2.24) is 4.98 Å². The summed E-state index contributed by atoms with van der Waals surface area (Å²) < 4.78 is 5.90. The van der Waals surface area contributed by atoms with Gasteiger partial charge in [0.25, 0.3) is 0 Å². The Morgan fingerprint density at radius 2 is 2.05 bits per heavy atom. The number of aromatic nitrogens is 1. The van der Waals surface area contributed by atoms with Crippen LogP contribution in [0.2, 0.25) is 0 Å². The van der Waals surface area contributed by atoms with E-state index >= 15 is 0 Å². The Labute approximate surface area is 113 Å². The summed E-state index contributed by atoms with van der Waals surface area (Å²) in [5.74, 6) is -0.539. The largest absolute Gasteiger partial charge is 0.489 e. The number of carbonyl (C=O) groups is 1. The second-order valence-corrected chi connectivity index (χ2v) is 6.11. The molecule has 1 aliphatic rings. The van der Waals surface area contributed by atoms with Crippen LogP contribution in [0.5, 0.6) is 5.75 Å². The first-order chi connectivity index (χ1) is 8.87. The predicted octanol–water partition coefficient (Wildman–Crippen LogP) is 3.44. The zero-order chi connectivity index (χ0) is 14.0. The molecule has 0 unspecified atom stereocenters. The van der Waals surface area contributed by atoms with Crippen molar-refractivity contribution in [3.8, 4) is 5.75 Å². The summed E-state index contributed by atoms with van der Waals surface area (Å²) in [6.45, 7) is 6.37. The summed E-state index contributed by atoms with van der Waals surface area (Å²) >= 11 is 0. The number of hydrogen-bond donors (Lipinski definition) is 1. The lowest BCUT2D eigenvalue weighted by atomic mass is 9.76. The number of aryl methyl sites for hydroxylation is 1. The maximum Gasteiger partial charge on any atom is 0.341 e. The van der Waals surface area contributed by atoms with Gasteiger partial charge in [0.05, 0.1) is 6.10 Å². The van der Waals surface area contributed by atoms with E-state index in [4.69, 9.17) is 9.84 Å². The highest BCUT2D eigenvalue weighted by atomic mass is 16.5. The van der Waals surface area contributed by atoms with Crippen LogP contribution in [0.3, 0.4) is 0 Å². The van der Waals surface area contributed by atoms with E-state index in [2.05, 4.69) is 18.8 Å². The maximum absolute atomic E-state index is 11.2. The molecule has 0 aliphatic heterocycles. The molecule has 4 heteroatoms. The highest BCUT2D eigenvalue weighted by Crippen LogP contribution is 2.37. The molecule has 0 radical (unpaired) electrons. The van der Waals surface area contributed by atoms with Crippen molar-refractivity contribution in [2.75, 3.05) is 0 Å². The minimum absolute atomic E-state index is 0.118. The molecule has 1 saturated carbocycles. The molecule has 104 valence electrons. The van der Waals surface area contributed by atoms with Gasteiger partial charge >= 0.3 is 5.97 Å². The van der Waals surface area contributed by atoms with E-state index in [1.807, 2.05) is 6.92 Å². The Morgan fingerprint density at radius 1 is 1.42 bits per heavy atom. The quantitative estimate of drug-likeness (QED) is 0.907. The standard InChI is InChI=1S/C15H21NO3/c1-10-8-13(12(9-16-10)14(17)18)19-11-4-6-15(2,3)7-5-11/h8-9,11H,4-7H2,1-3H3,(H,17,18). The van der Waals surface area contributed by atoms with Crippen LogP contribution >= 0.6 is 0 Å². The van der Waals surface area contributed by atoms with E-state index in [-0.39, 0.29) is 11.7 Å². The molecule has 0 bridgehead atoms. The van der Waals surface area contributed by atoms with Crippen LogP contribution in [0.15, 0.2) is 12.3 Å². The number of carboxylic acids is 1. The summed E-state index contributed by atoms with van der Waals surface area (Å²) in [4.78, 5) is 15.2. The topological polar surface area (TPSA) is 59.4 Å². The molecule has 1 fully saturated rings. The first kappa shape index (κ1) is 13.8. The van der Waals surface area contributed by atoms with Crippen molar-refractivity contribution in [3.05, 3.63) is 23.5 Å². The van der Waals surface area contributed by atoms with Gasteiger partial charge in [0.1, 0.15) is 11.3 Å². The molecule has 0 amide bonds. The number of carboxylic acid groups (broad SMARTS) is 1. The third-order valence-corrected chi connectivity index (χ3v) is 3.81. The smallest absolute Gasteiger partial charge is 0.341 e. The zero-order valence-electron chi connectivity index (χ0n) is 11.8. The van der Waals surface area contributed by atoms with Gasteiger partial charge in [0.15, 0.2) is 0 Å². The van der Waals surface area contributed by atoms with E-state index < -0.39 is 5.97 Å². The average Bonchev–Trinajstić information content (AvgIpc) is 2.31. The number of nitrogens with zero attached hydrogens (tertiary/aromatic N) is 1. The van der Waals surface area contributed by atoms with Gasteiger partial charge in [-0.1, -0.05) is 13.8 Å². The number of hydrogen-bond acceptors (Lipinski definition) is 3. The van der Waals surface area contributed by atoms with Crippen LogP contribution in [0.1, 0.15) is 55.6 Å². The molecule has 0 atom stereocenters. The fourth-order valence-corrected chi connectivity index (χ4v) is 2.46. The molecular formula is C15H21NO3. The predicted molar refractivity (Wildman–Crippen MR) is 72.6 cm³/mol. The van der Waals surface area contributed by atoms with Gasteiger partial charge in [-0.25, -0.2) is 4.79 Å². The lowest BCUT2D eigenvalue weighted by Gasteiger charge is -2.34. The Balaban J connectivity index is 2.11. The van der Waals surface area contributed by atoms with Gasteiger partial charge in [0, 0.05) is 18.0 Å². The van der Waals surface area contributed by atoms with Crippen molar-refractivity contribution in [3.63, 3.8) is 0 Å². The molecule has 1 heterocycles. The van der Waals surface area contributed by atoms with E-state index in [1.54, 1.807) is 6.07 Å². The number of rotatable bonds is 3. The van der Waals surface area contributed by atoms with E-state index in [0.29, 0.717) is 11.2 Å². The Kier molecular flexibility index (Phi) is 3.78. The highest BCUT2D eigenvalue weighted by Gasteiger charge is 2.28. The molecule has 19 heavy (non-hydrogen) atoms. The van der Waals surface area contributed by atoms with Crippen LogP contribution in [-0.2, 0) is 0 Å². The van der Waals surface area contributed by atoms with Crippen molar-refractivity contribution < 1.29 is 14.6 Å². The molecule has 0 aromatic carbocycles. The molecular weight excluding hydrogens is 242 g/mol. The van der Waals surface area contributed by atoms with Crippen LogP contribution in [0.25, 0.3) is 0 Å². The molecule has 1 aromatic heterocycles. The summed E-state index contributed by atoms with van der Waals surface area (Å²) in [6, 6.07) is 1.71. The molecule has 1 N–H and O–H groups in total. The van der Waals surface area contributed by atoms with E-state index in [0.717, 1.165) is 31.4 Å². The molecule has 2 rings (SSSR count). The lowest BCUT2D eigenvalue weighted by Crippen LogP contribution is -2.28. The van der Waals surface area contributed by atoms with Gasteiger partial charge < -0.3 is 9.84 Å². The maximum atomic E-state index is 11.2. The summed E-state index contributed by atoms with van der Waals surface area (Å²) in [5.41, 5.74) is 1.30. The zero-order valence-corrected chi connectivity index (χ0v) is 11.8. The SMILES string of the molecule is Cc1cc(OC2CCC(C)(C)CC2)c(C(=O)O)cn1. The van der Waals surface area contributed by atoms with Gasteiger partial charge in [-0.2, -0.15) is 0 Å².